The molecule has 2 aromatic rings. The first kappa shape index (κ1) is 14.5. The Bertz CT molecular complexity index is 665. The van der Waals surface area contributed by atoms with Crippen LogP contribution in [0.1, 0.15) is 10.4 Å². The van der Waals surface area contributed by atoms with Crippen molar-refractivity contribution >= 4 is 11.7 Å². The van der Waals surface area contributed by atoms with Crippen LogP contribution in [0.25, 0.3) is 16.1 Å². The minimum absolute atomic E-state index is 0. The molecule has 0 atom stereocenters. The van der Waals surface area contributed by atoms with E-state index in [1.807, 2.05) is 0 Å². The van der Waals surface area contributed by atoms with Gasteiger partial charge in [0.25, 0.3) is 0 Å². The van der Waals surface area contributed by atoms with Gasteiger partial charge in [0.15, 0.2) is 4.98 Å². The van der Waals surface area contributed by atoms with E-state index in [1.165, 1.54) is 18.2 Å². The molecule has 0 radical (unpaired) electrons. The summed E-state index contributed by atoms with van der Waals surface area (Å²) >= 11 is 0. The molecule has 0 spiro atoms. The van der Waals surface area contributed by atoms with Crippen LogP contribution in [0.5, 0.6) is 5.75 Å². The number of hydrogen-bond acceptors (Lipinski definition) is 3. The highest BCUT2D eigenvalue weighted by Gasteiger charge is 2.18. The Morgan fingerprint density at radius 3 is 2.47 bits per heavy atom. The van der Waals surface area contributed by atoms with Gasteiger partial charge in [0.05, 0.1) is 5.56 Å². The van der Waals surface area contributed by atoms with Crippen LogP contribution in [0.4, 0.5) is 5.69 Å². The fourth-order valence-electron chi connectivity index (χ4n) is 1.66. The first-order valence-electron chi connectivity index (χ1n) is 5.14. The van der Waals surface area contributed by atoms with Crippen molar-refractivity contribution in [2.45, 2.75) is 0 Å². The molecule has 96 valence electrons. The molecule has 2 rings (SSSR count). The molecule has 0 aliphatic rings. The SMILES string of the molecule is N#[N+]c1cccc(-c2cccc(C(=O)O)c2)c1O.[Cl-]. The Morgan fingerprint density at radius 2 is 1.84 bits per heavy atom. The second kappa shape index (κ2) is 5.85. The van der Waals surface area contributed by atoms with Crippen LogP contribution in [0.2, 0.25) is 0 Å². The number of phenolic OH excluding ortho intramolecular Hbond substituents is 1. The number of para-hydroxylation sites is 1. The average molecular weight is 277 g/mol. The molecule has 0 heterocycles. The predicted molar refractivity (Wildman–Crippen MR) is 65.2 cm³/mol. The smallest absolute Gasteiger partial charge is 0.426 e. The molecule has 0 aliphatic carbocycles. The number of hydrogen-bond donors (Lipinski definition) is 2. The molecule has 0 aromatic heterocycles. The third-order valence-electron chi connectivity index (χ3n) is 2.54. The molecule has 0 saturated heterocycles. The first-order valence-corrected chi connectivity index (χ1v) is 5.14. The number of aromatic hydroxyl groups is 1. The summed E-state index contributed by atoms with van der Waals surface area (Å²) in [6.07, 6.45) is 0. The molecule has 19 heavy (non-hydrogen) atoms. The van der Waals surface area contributed by atoms with Crippen LogP contribution in [0.3, 0.4) is 0 Å². The lowest BCUT2D eigenvalue weighted by atomic mass is 10.0. The van der Waals surface area contributed by atoms with Crippen molar-refractivity contribution in [2.24, 2.45) is 0 Å². The van der Waals surface area contributed by atoms with Crippen molar-refractivity contribution in [2.75, 3.05) is 0 Å². The van der Waals surface area contributed by atoms with Gasteiger partial charge in [0.1, 0.15) is 0 Å². The fourth-order valence-corrected chi connectivity index (χ4v) is 1.66. The highest BCUT2D eigenvalue weighted by Crippen LogP contribution is 2.37. The molecule has 0 saturated carbocycles. The van der Waals surface area contributed by atoms with E-state index in [-0.39, 0.29) is 29.4 Å². The van der Waals surface area contributed by atoms with Gasteiger partial charge < -0.3 is 22.6 Å². The summed E-state index contributed by atoms with van der Waals surface area (Å²) in [4.78, 5) is 13.8. The summed E-state index contributed by atoms with van der Waals surface area (Å²) in [5, 5.41) is 27.5. The molecule has 0 bridgehead atoms. The lowest BCUT2D eigenvalue weighted by molar-refractivity contribution is -0.0000202. The molecular weight excluding hydrogens is 268 g/mol. The molecule has 6 heteroatoms. The van der Waals surface area contributed by atoms with E-state index in [0.29, 0.717) is 11.1 Å². The van der Waals surface area contributed by atoms with E-state index in [2.05, 4.69) is 4.98 Å². The largest absolute Gasteiger partial charge is 1.00 e. The summed E-state index contributed by atoms with van der Waals surface area (Å²) in [6, 6.07) is 10.8. The standard InChI is InChI=1S/C13H8N2O3.ClH/c14-15-11-6-2-5-10(12(11)16)8-3-1-4-9(7-8)13(17)18;/h1-7H,(H-,16,17,18);1H. The van der Waals surface area contributed by atoms with Crippen molar-refractivity contribution in [1.29, 1.82) is 5.39 Å². The lowest BCUT2D eigenvalue weighted by Gasteiger charge is -2.03. The van der Waals surface area contributed by atoms with E-state index < -0.39 is 5.97 Å². The van der Waals surface area contributed by atoms with Crippen molar-refractivity contribution in [3.63, 3.8) is 0 Å². The number of nitrogens with zero attached hydrogens (tertiary/aromatic N) is 2. The molecule has 0 unspecified atom stereocenters. The van der Waals surface area contributed by atoms with Crippen LogP contribution in [-0.4, -0.2) is 16.2 Å². The van der Waals surface area contributed by atoms with Gasteiger partial charge >= 0.3 is 11.7 Å². The van der Waals surface area contributed by atoms with Crippen LogP contribution in [-0.2, 0) is 0 Å². The van der Waals surface area contributed by atoms with Gasteiger partial charge in [-0.15, -0.1) is 0 Å². The zero-order chi connectivity index (χ0) is 13.1. The number of diazo groups is 1. The molecule has 0 aliphatic heterocycles. The van der Waals surface area contributed by atoms with Crippen LogP contribution < -0.4 is 12.4 Å². The molecule has 2 aromatic carbocycles. The monoisotopic (exact) mass is 276 g/mol. The van der Waals surface area contributed by atoms with Gasteiger partial charge in [-0.05, 0) is 17.7 Å². The molecule has 0 amide bonds. The number of phenols is 1. The molecular formula is C13H9ClN2O3. The summed E-state index contributed by atoms with van der Waals surface area (Å²) in [7, 11) is 0. The van der Waals surface area contributed by atoms with Gasteiger partial charge in [-0.2, -0.15) is 0 Å². The Kier molecular flexibility index (Phi) is 4.46. The first-order chi connectivity index (χ1) is 8.63. The van der Waals surface area contributed by atoms with Gasteiger partial charge in [-0.3, -0.25) is 0 Å². The van der Waals surface area contributed by atoms with E-state index in [1.54, 1.807) is 24.3 Å². The van der Waals surface area contributed by atoms with Gasteiger partial charge in [-0.1, -0.05) is 24.3 Å². The number of halogens is 1. The highest BCUT2D eigenvalue weighted by atomic mass is 35.5. The van der Waals surface area contributed by atoms with Gasteiger partial charge in [0, 0.05) is 11.6 Å². The summed E-state index contributed by atoms with van der Waals surface area (Å²) in [5.41, 5.74) is 1.11. The van der Waals surface area contributed by atoms with E-state index in [4.69, 9.17) is 10.5 Å². The minimum Gasteiger partial charge on any atom is -1.00 e. The summed E-state index contributed by atoms with van der Waals surface area (Å²) in [6.45, 7) is 0. The number of carbonyl (C=O) groups is 1. The topological polar surface area (TPSA) is 85.7 Å². The zero-order valence-electron chi connectivity index (χ0n) is 9.62. The Hall–Kier alpha value is -2.58. The second-order valence-electron chi connectivity index (χ2n) is 3.66. The number of benzene rings is 2. The van der Waals surface area contributed by atoms with Crippen LogP contribution in [0.15, 0.2) is 42.5 Å². The third kappa shape index (κ3) is 2.81. The van der Waals surface area contributed by atoms with Crippen molar-refractivity contribution in [3.8, 4) is 16.9 Å². The number of carboxylic acid groups (broad SMARTS) is 1. The number of carboxylic acids is 1. The molecule has 5 nitrogen and oxygen atoms in total. The second-order valence-corrected chi connectivity index (χ2v) is 3.66. The normalized spacial score (nSPS) is 9.21. The van der Waals surface area contributed by atoms with Crippen molar-refractivity contribution in [1.82, 2.24) is 0 Å². The van der Waals surface area contributed by atoms with Gasteiger partial charge in [-0.25, -0.2) is 4.79 Å². The van der Waals surface area contributed by atoms with E-state index in [0.717, 1.165) is 0 Å². The lowest BCUT2D eigenvalue weighted by Crippen LogP contribution is -3.00. The van der Waals surface area contributed by atoms with E-state index >= 15 is 0 Å². The molecule has 0 fully saturated rings. The Balaban J connectivity index is 0.00000180. The minimum atomic E-state index is -1.04. The highest BCUT2D eigenvalue weighted by molar-refractivity contribution is 5.90. The number of aromatic carboxylic acids is 1. The van der Waals surface area contributed by atoms with Crippen molar-refractivity contribution in [3.05, 3.63) is 53.0 Å². The van der Waals surface area contributed by atoms with Gasteiger partial charge in [0.2, 0.25) is 11.1 Å². The maximum atomic E-state index is 10.9. The average Bonchev–Trinajstić information content (AvgIpc) is 2.39. The Morgan fingerprint density at radius 1 is 1.16 bits per heavy atom. The van der Waals surface area contributed by atoms with Crippen molar-refractivity contribution < 1.29 is 27.4 Å². The fraction of sp³-hybridized carbons (Fsp3) is 0. The Labute approximate surface area is 115 Å². The summed E-state index contributed by atoms with van der Waals surface area (Å²) in [5.74, 6) is -1.23. The van der Waals surface area contributed by atoms with Crippen LogP contribution in [0, 0.1) is 5.39 Å². The zero-order valence-corrected chi connectivity index (χ0v) is 10.4. The summed E-state index contributed by atoms with van der Waals surface area (Å²) < 4.78 is 0. The maximum Gasteiger partial charge on any atom is 0.426 e. The number of rotatable bonds is 2. The predicted octanol–water partition coefficient (Wildman–Crippen LogP) is 0.246. The maximum absolute atomic E-state index is 10.9. The van der Waals surface area contributed by atoms with Crippen LogP contribution >= 0.6 is 0 Å². The van der Waals surface area contributed by atoms with E-state index in [9.17, 15) is 9.90 Å². The quantitative estimate of drug-likeness (QED) is 0.770. The third-order valence-corrected chi connectivity index (χ3v) is 2.54. The molecule has 2 N–H and O–H groups in total.